The lowest BCUT2D eigenvalue weighted by molar-refractivity contribution is 0.0285. The molecule has 0 unspecified atom stereocenters. The molecule has 0 bridgehead atoms. The topological polar surface area (TPSA) is 84.2 Å². The van der Waals surface area contributed by atoms with Crippen LogP contribution in [0.1, 0.15) is 23.8 Å². The molecule has 1 aliphatic rings. The van der Waals surface area contributed by atoms with Crippen molar-refractivity contribution in [2.75, 3.05) is 0 Å². The summed E-state index contributed by atoms with van der Waals surface area (Å²) < 4.78 is 29.2. The van der Waals surface area contributed by atoms with E-state index in [9.17, 15) is 13.5 Å². The maximum atomic E-state index is 12.4. The van der Waals surface area contributed by atoms with Gasteiger partial charge in [0.25, 0.3) is 10.0 Å². The molecule has 2 heterocycles. The van der Waals surface area contributed by atoms with Gasteiger partial charge in [-0.05, 0) is 30.2 Å². The fourth-order valence-corrected chi connectivity index (χ4v) is 4.72. The number of aromatic nitrogens is 2. The quantitative estimate of drug-likeness (QED) is 0.866. The van der Waals surface area contributed by atoms with Crippen LogP contribution in [0.3, 0.4) is 0 Å². The van der Waals surface area contributed by atoms with Crippen LogP contribution in [-0.2, 0) is 17.1 Å². The Morgan fingerprint density at radius 3 is 2.81 bits per heavy atom. The molecule has 0 amide bonds. The highest BCUT2D eigenvalue weighted by Gasteiger charge is 2.38. The molecule has 3 rings (SSSR count). The lowest BCUT2D eigenvalue weighted by Crippen LogP contribution is -2.41. The summed E-state index contributed by atoms with van der Waals surface area (Å²) >= 11 is 1.52. The first-order chi connectivity index (χ1) is 9.95. The van der Waals surface area contributed by atoms with Gasteiger partial charge in [0.05, 0.1) is 18.5 Å². The molecule has 1 aliphatic carbocycles. The van der Waals surface area contributed by atoms with Crippen molar-refractivity contribution in [2.45, 2.75) is 30.0 Å². The molecule has 0 aliphatic heterocycles. The lowest BCUT2D eigenvalue weighted by atomic mass is 9.77. The molecule has 0 saturated heterocycles. The second kappa shape index (κ2) is 5.53. The van der Waals surface area contributed by atoms with Crippen molar-refractivity contribution >= 4 is 21.4 Å². The van der Waals surface area contributed by atoms with Crippen LogP contribution in [0.4, 0.5) is 0 Å². The van der Waals surface area contributed by atoms with Gasteiger partial charge in [-0.1, -0.05) is 6.07 Å². The maximum Gasteiger partial charge on any atom is 0.260 e. The molecular weight excluding hydrogens is 310 g/mol. The van der Waals surface area contributed by atoms with Crippen LogP contribution in [0.5, 0.6) is 0 Å². The standard InChI is InChI=1S/C13H17N3O3S2/c1-16-7-12(14-8-16)21(18,19)15-13(9-5-10(17)6-9)11-3-2-4-20-11/h2-4,7-10,13,15,17H,5-6H2,1H3/t9?,10?,13-/m0/s1. The van der Waals surface area contributed by atoms with Gasteiger partial charge in [0.1, 0.15) is 0 Å². The molecule has 0 radical (unpaired) electrons. The van der Waals surface area contributed by atoms with Gasteiger partial charge in [-0.3, -0.25) is 0 Å². The summed E-state index contributed by atoms with van der Waals surface area (Å²) in [7, 11) is -1.93. The van der Waals surface area contributed by atoms with Crippen LogP contribution < -0.4 is 4.72 Å². The number of aliphatic hydroxyl groups excluding tert-OH is 1. The fraction of sp³-hybridized carbons (Fsp3) is 0.462. The van der Waals surface area contributed by atoms with Crippen molar-refractivity contribution in [1.29, 1.82) is 0 Å². The van der Waals surface area contributed by atoms with Gasteiger partial charge in [0.2, 0.25) is 0 Å². The van der Waals surface area contributed by atoms with Crippen LogP contribution in [0.15, 0.2) is 35.1 Å². The van der Waals surface area contributed by atoms with E-state index in [1.165, 1.54) is 23.9 Å². The number of aliphatic hydroxyl groups is 1. The predicted octanol–water partition coefficient (Wildman–Crippen LogP) is 1.27. The Balaban J connectivity index is 1.84. The van der Waals surface area contributed by atoms with Crippen molar-refractivity contribution in [1.82, 2.24) is 14.3 Å². The number of hydrogen-bond acceptors (Lipinski definition) is 5. The highest BCUT2D eigenvalue weighted by atomic mass is 32.2. The molecule has 2 aromatic rings. The van der Waals surface area contributed by atoms with Crippen LogP contribution in [0.2, 0.25) is 0 Å². The van der Waals surface area contributed by atoms with Crippen molar-refractivity contribution in [2.24, 2.45) is 13.0 Å². The Morgan fingerprint density at radius 2 is 2.29 bits per heavy atom. The van der Waals surface area contributed by atoms with Crippen molar-refractivity contribution in [3.63, 3.8) is 0 Å². The predicted molar refractivity (Wildman–Crippen MR) is 79.3 cm³/mol. The smallest absolute Gasteiger partial charge is 0.260 e. The molecule has 114 valence electrons. The summed E-state index contributed by atoms with van der Waals surface area (Å²) in [6, 6.07) is 3.51. The van der Waals surface area contributed by atoms with E-state index < -0.39 is 10.0 Å². The van der Waals surface area contributed by atoms with Crippen molar-refractivity contribution in [3.05, 3.63) is 34.9 Å². The molecule has 21 heavy (non-hydrogen) atoms. The van der Waals surface area contributed by atoms with Gasteiger partial charge < -0.3 is 9.67 Å². The second-order valence-corrected chi connectivity index (χ2v) is 8.02. The monoisotopic (exact) mass is 327 g/mol. The minimum Gasteiger partial charge on any atom is -0.393 e. The molecule has 8 heteroatoms. The number of sulfonamides is 1. The number of thiophene rings is 1. The van der Waals surface area contributed by atoms with E-state index in [4.69, 9.17) is 0 Å². The van der Waals surface area contributed by atoms with Crippen LogP contribution in [0, 0.1) is 5.92 Å². The Kier molecular flexibility index (Phi) is 3.87. The molecular formula is C13H17N3O3S2. The third kappa shape index (κ3) is 3.03. The number of aryl methyl sites for hydroxylation is 1. The average molecular weight is 327 g/mol. The lowest BCUT2D eigenvalue weighted by Gasteiger charge is -2.37. The molecule has 2 N–H and O–H groups in total. The van der Waals surface area contributed by atoms with E-state index in [0.29, 0.717) is 12.8 Å². The first kappa shape index (κ1) is 14.7. The van der Waals surface area contributed by atoms with E-state index in [0.717, 1.165) is 4.88 Å². The van der Waals surface area contributed by atoms with E-state index in [1.807, 2.05) is 17.5 Å². The number of rotatable bonds is 5. The molecule has 1 atom stereocenters. The molecule has 0 aromatic carbocycles. The van der Waals surface area contributed by atoms with E-state index in [1.54, 1.807) is 11.6 Å². The van der Waals surface area contributed by atoms with E-state index in [2.05, 4.69) is 9.71 Å². The first-order valence-corrected chi connectivity index (χ1v) is 9.04. The summed E-state index contributed by atoms with van der Waals surface area (Å²) in [6.07, 6.45) is 3.85. The van der Waals surface area contributed by atoms with Gasteiger partial charge in [0, 0.05) is 18.1 Å². The minimum atomic E-state index is -3.66. The van der Waals surface area contributed by atoms with Crippen LogP contribution in [-0.4, -0.2) is 29.2 Å². The highest BCUT2D eigenvalue weighted by Crippen LogP contribution is 2.40. The summed E-state index contributed by atoms with van der Waals surface area (Å²) in [6.45, 7) is 0. The fourth-order valence-electron chi connectivity index (χ4n) is 2.51. The van der Waals surface area contributed by atoms with Crippen molar-refractivity contribution in [3.8, 4) is 0 Å². The molecule has 1 saturated carbocycles. The Labute approximate surface area is 127 Å². The third-order valence-electron chi connectivity index (χ3n) is 3.71. The summed E-state index contributed by atoms with van der Waals surface area (Å²) in [5.41, 5.74) is 0. The van der Waals surface area contributed by atoms with Crippen molar-refractivity contribution < 1.29 is 13.5 Å². The summed E-state index contributed by atoms with van der Waals surface area (Å²) in [5, 5.41) is 11.4. The van der Waals surface area contributed by atoms with Gasteiger partial charge in [-0.2, -0.15) is 0 Å². The molecule has 2 aromatic heterocycles. The molecule has 1 fully saturated rings. The van der Waals surface area contributed by atoms with E-state index in [-0.39, 0.29) is 23.1 Å². The zero-order valence-corrected chi connectivity index (χ0v) is 13.1. The highest BCUT2D eigenvalue weighted by molar-refractivity contribution is 7.89. The van der Waals surface area contributed by atoms with E-state index >= 15 is 0 Å². The number of imidazole rings is 1. The van der Waals surface area contributed by atoms with Gasteiger partial charge >= 0.3 is 0 Å². The number of nitrogens with zero attached hydrogens (tertiary/aromatic N) is 2. The summed E-state index contributed by atoms with van der Waals surface area (Å²) in [5.74, 6) is 0.122. The Morgan fingerprint density at radius 1 is 1.52 bits per heavy atom. The zero-order chi connectivity index (χ0) is 15.0. The number of hydrogen-bond donors (Lipinski definition) is 2. The largest absolute Gasteiger partial charge is 0.393 e. The van der Waals surface area contributed by atoms with Gasteiger partial charge in [0.15, 0.2) is 5.03 Å². The third-order valence-corrected chi connectivity index (χ3v) is 5.99. The zero-order valence-electron chi connectivity index (χ0n) is 11.5. The maximum absolute atomic E-state index is 12.4. The van der Waals surface area contributed by atoms with Gasteiger partial charge in [-0.15, -0.1) is 11.3 Å². The normalized spacial score (nSPS) is 23.7. The molecule has 0 spiro atoms. The van der Waals surface area contributed by atoms with Crippen LogP contribution >= 0.6 is 11.3 Å². The minimum absolute atomic E-state index is 0.0198. The van der Waals surface area contributed by atoms with Gasteiger partial charge in [-0.25, -0.2) is 18.1 Å². The molecule has 6 nitrogen and oxygen atoms in total. The Hall–Kier alpha value is -1.22. The first-order valence-electron chi connectivity index (χ1n) is 6.67. The average Bonchev–Trinajstić information content (AvgIpc) is 3.03. The Bertz CT molecular complexity index is 703. The second-order valence-electron chi connectivity index (χ2n) is 5.38. The van der Waals surface area contributed by atoms with Crippen LogP contribution in [0.25, 0.3) is 0 Å². The SMILES string of the molecule is Cn1cnc(S(=O)(=O)N[C@H](c2cccs2)C2CC(O)C2)c1. The summed E-state index contributed by atoms with van der Waals surface area (Å²) in [4.78, 5) is 4.87. The number of nitrogens with one attached hydrogen (secondary N) is 1.